The van der Waals surface area contributed by atoms with E-state index < -0.39 is 5.60 Å². The third kappa shape index (κ3) is 2.63. The average Bonchev–Trinajstić information content (AvgIpc) is 3.03. The number of aromatic nitrogens is 1. The lowest BCUT2D eigenvalue weighted by molar-refractivity contribution is 0.0382. The van der Waals surface area contributed by atoms with E-state index in [1.807, 2.05) is 73.8 Å². The summed E-state index contributed by atoms with van der Waals surface area (Å²) in [7, 11) is 0. The van der Waals surface area contributed by atoms with Gasteiger partial charge in [0.25, 0.3) is 0 Å². The predicted octanol–water partition coefficient (Wildman–Crippen LogP) is 4.05. The molecule has 21 heavy (non-hydrogen) atoms. The smallest absolute Gasteiger partial charge is 0.0991 e. The minimum absolute atomic E-state index is 0.143. The van der Waals surface area contributed by atoms with Crippen LogP contribution in [0.5, 0.6) is 0 Å². The van der Waals surface area contributed by atoms with E-state index >= 15 is 0 Å². The van der Waals surface area contributed by atoms with E-state index in [1.54, 1.807) is 0 Å². The van der Waals surface area contributed by atoms with Gasteiger partial charge in [0.15, 0.2) is 0 Å². The minimum Gasteiger partial charge on any atom is -0.384 e. The molecule has 0 spiro atoms. The highest BCUT2D eigenvalue weighted by Crippen LogP contribution is 2.40. The Morgan fingerprint density at radius 2 is 1.48 bits per heavy atom. The number of rotatable bonds is 4. The molecule has 0 saturated heterocycles. The van der Waals surface area contributed by atoms with Crippen LogP contribution in [0.15, 0.2) is 79.0 Å². The Labute approximate surface area is 125 Å². The molecular formula is C19H19NO. The summed E-state index contributed by atoms with van der Waals surface area (Å²) >= 11 is 0. The van der Waals surface area contributed by atoms with Gasteiger partial charge in [-0.25, -0.2) is 0 Å². The number of aliphatic hydroxyl groups is 1. The number of aromatic amines is 1. The Kier molecular flexibility index (Phi) is 3.63. The number of nitrogens with one attached hydrogen (secondary N) is 1. The first-order valence-electron chi connectivity index (χ1n) is 7.16. The van der Waals surface area contributed by atoms with E-state index in [1.165, 1.54) is 0 Å². The summed E-state index contributed by atoms with van der Waals surface area (Å²) in [5.74, 6) is -0.143. The van der Waals surface area contributed by atoms with E-state index in [2.05, 4.69) is 17.1 Å². The van der Waals surface area contributed by atoms with E-state index in [0.29, 0.717) is 0 Å². The normalized spacial score (nSPS) is 15.3. The summed E-state index contributed by atoms with van der Waals surface area (Å²) in [6.07, 6.45) is 1.90. The highest BCUT2D eigenvalue weighted by atomic mass is 16.3. The topological polar surface area (TPSA) is 36.0 Å². The predicted molar refractivity (Wildman–Crippen MR) is 85.1 cm³/mol. The van der Waals surface area contributed by atoms with Crippen LogP contribution in [-0.4, -0.2) is 10.1 Å². The van der Waals surface area contributed by atoms with Gasteiger partial charge in [0.1, 0.15) is 0 Å². The van der Waals surface area contributed by atoms with Crippen LogP contribution in [0.2, 0.25) is 0 Å². The molecule has 2 atom stereocenters. The van der Waals surface area contributed by atoms with Gasteiger partial charge in [-0.05, 0) is 30.2 Å². The molecule has 2 heteroatoms. The highest BCUT2D eigenvalue weighted by Gasteiger charge is 2.36. The van der Waals surface area contributed by atoms with Crippen LogP contribution in [0.1, 0.15) is 29.7 Å². The minimum atomic E-state index is -0.993. The van der Waals surface area contributed by atoms with Crippen molar-refractivity contribution in [2.24, 2.45) is 0 Å². The third-order valence-corrected chi connectivity index (χ3v) is 3.99. The molecule has 1 heterocycles. The average molecular weight is 277 g/mol. The van der Waals surface area contributed by atoms with Gasteiger partial charge in [0.05, 0.1) is 11.5 Å². The summed E-state index contributed by atoms with van der Waals surface area (Å²) in [6, 6.07) is 23.9. The van der Waals surface area contributed by atoms with E-state index in [9.17, 15) is 5.11 Å². The molecule has 2 unspecified atom stereocenters. The molecule has 0 bridgehead atoms. The molecule has 3 aromatic rings. The quantitative estimate of drug-likeness (QED) is 0.741. The number of hydrogen-bond acceptors (Lipinski definition) is 1. The Bertz CT molecular complexity index is 672. The SMILES string of the molecule is CC(O)(c1ccccc1)C(c1ccccc1)c1ccc[nH]1. The second-order valence-electron chi connectivity index (χ2n) is 5.48. The zero-order valence-electron chi connectivity index (χ0n) is 12.0. The van der Waals surface area contributed by atoms with Crippen molar-refractivity contribution in [1.82, 2.24) is 4.98 Å². The zero-order valence-corrected chi connectivity index (χ0v) is 12.0. The number of benzene rings is 2. The molecule has 106 valence electrons. The molecule has 3 rings (SSSR count). The fourth-order valence-electron chi connectivity index (χ4n) is 2.92. The van der Waals surface area contributed by atoms with Crippen LogP contribution in [-0.2, 0) is 5.60 Å². The molecular weight excluding hydrogens is 258 g/mol. The van der Waals surface area contributed by atoms with E-state index in [-0.39, 0.29) is 5.92 Å². The fraction of sp³-hybridized carbons (Fsp3) is 0.158. The van der Waals surface area contributed by atoms with Gasteiger partial charge < -0.3 is 10.1 Å². The van der Waals surface area contributed by atoms with Gasteiger partial charge >= 0.3 is 0 Å². The Hall–Kier alpha value is -2.32. The molecule has 0 radical (unpaired) electrons. The summed E-state index contributed by atoms with van der Waals surface area (Å²) in [5, 5.41) is 11.3. The van der Waals surface area contributed by atoms with Crippen molar-refractivity contribution in [3.05, 3.63) is 95.8 Å². The summed E-state index contributed by atoms with van der Waals surface area (Å²) < 4.78 is 0. The molecule has 0 aliphatic heterocycles. The molecule has 0 fully saturated rings. The standard InChI is InChI=1S/C19H19NO/c1-19(21,16-11-6-3-7-12-16)18(17-13-8-14-20-17)15-9-4-2-5-10-15/h2-14,18,20-21H,1H3. The van der Waals surface area contributed by atoms with Crippen LogP contribution >= 0.6 is 0 Å². The molecule has 2 aromatic carbocycles. The van der Waals surface area contributed by atoms with Crippen LogP contribution < -0.4 is 0 Å². The van der Waals surface area contributed by atoms with E-state index in [0.717, 1.165) is 16.8 Å². The van der Waals surface area contributed by atoms with Crippen LogP contribution in [0.4, 0.5) is 0 Å². The Morgan fingerprint density at radius 3 is 2.05 bits per heavy atom. The van der Waals surface area contributed by atoms with E-state index in [4.69, 9.17) is 0 Å². The highest BCUT2D eigenvalue weighted by molar-refractivity contribution is 5.37. The maximum atomic E-state index is 11.3. The van der Waals surface area contributed by atoms with Gasteiger partial charge in [-0.3, -0.25) is 0 Å². The van der Waals surface area contributed by atoms with Crippen molar-refractivity contribution in [2.45, 2.75) is 18.4 Å². The molecule has 0 aliphatic rings. The summed E-state index contributed by atoms with van der Waals surface area (Å²) in [6.45, 7) is 1.88. The van der Waals surface area contributed by atoms with Crippen molar-refractivity contribution in [3.8, 4) is 0 Å². The maximum Gasteiger partial charge on any atom is 0.0991 e. The van der Waals surface area contributed by atoms with Crippen molar-refractivity contribution < 1.29 is 5.11 Å². The molecule has 0 saturated carbocycles. The first-order chi connectivity index (χ1) is 10.2. The molecule has 1 aromatic heterocycles. The van der Waals surface area contributed by atoms with Crippen molar-refractivity contribution in [2.75, 3.05) is 0 Å². The summed E-state index contributed by atoms with van der Waals surface area (Å²) in [4.78, 5) is 3.25. The fourth-order valence-corrected chi connectivity index (χ4v) is 2.92. The van der Waals surface area contributed by atoms with Crippen molar-refractivity contribution in [1.29, 1.82) is 0 Å². The maximum absolute atomic E-state index is 11.3. The lowest BCUT2D eigenvalue weighted by atomic mass is 9.77. The van der Waals surface area contributed by atoms with Gasteiger partial charge in [0, 0.05) is 11.9 Å². The van der Waals surface area contributed by atoms with Crippen LogP contribution in [0.3, 0.4) is 0 Å². The second kappa shape index (κ2) is 5.58. The van der Waals surface area contributed by atoms with Gasteiger partial charge in [-0.2, -0.15) is 0 Å². The summed E-state index contributed by atoms with van der Waals surface area (Å²) in [5.41, 5.74) is 2.02. The molecule has 0 amide bonds. The molecule has 0 aliphatic carbocycles. The zero-order chi connectivity index (χ0) is 14.7. The second-order valence-corrected chi connectivity index (χ2v) is 5.48. The van der Waals surface area contributed by atoms with Gasteiger partial charge in [-0.1, -0.05) is 60.7 Å². The first-order valence-corrected chi connectivity index (χ1v) is 7.16. The number of hydrogen-bond donors (Lipinski definition) is 2. The first kappa shape index (κ1) is 13.7. The van der Waals surface area contributed by atoms with Crippen LogP contribution in [0, 0.1) is 0 Å². The Morgan fingerprint density at radius 1 is 0.857 bits per heavy atom. The Balaban J connectivity index is 2.12. The van der Waals surface area contributed by atoms with Crippen molar-refractivity contribution in [3.63, 3.8) is 0 Å². The van der Waals surface area contributed by atoms with Gasteiger partial charge in [-0.15, -0.1) is 0 Å². The van der Waals surface area contributed by atoms with Gasteiger partial charge in [0.2, 0.25) is 0 Å². The van der Waals surface area contributed by atoms with Crippen molar-refractivity contribution >= 4 is 0 Å². The monoisotopic (exact) mass is 277 g/mol. The lowest BCUT2D eigenvalue weighted by Gasteiger charge is -2.33. The third-order valence-electron chi connectivity index (χ3n) is 3.99. The lowest BCUT2D eigenvalue weighted by Crippen LogP contribution is -2.31. The van der Waals surface area contributed by atoms with Crippen LogP contribution in [0.25, 0.3) is 0 Å². The number of H-pyrrole nitrogens is 1. The molecule has 2 N–H and O–H groups in total. The largest absolute Gasteiger partial charge is 0.384 e. The molecule has 2 nitrogen and oxygen atoms in total.